The van der Waals surface area contributed by atoms with Gasteiger partial charge in [0.05, 0.1) is 0 Å². The number of halogens is 1. The van der Waals surface area contributed by atoms with Crippen LogP contribution in [0.5, 0.6) is 5.75 Å². The van der Waals surface area contributed by atoms with E-state index in [1.165, 1.54) is 5.56 Å². The molecule has 0 heterocycles. The highest BCUT2D eigenvalue weighted by atomic mass is 35.5. The van der Waals surface area contributed by atoms with E-state index >= 15 is 0 Å². The zero-order valence-electron chi connectivity index (χ0n) is 11.1. The number of aryl methyl sites for hydroxylation is 1. The SMILES string of the molecule is Cc1ccc(C(Oc2cccc(Cl)c2)C(C)N)cc1. The van der Waals surface area contributed by atoms with Gasteiger partial charge < -0.3 is 10.5 Å². The fourth-order valence-electron chi connectivity index (χ4n) is 1.92. The summed E-state index contributed by atoms with van der Waals surface area (Å²) in [5, 5.41) is 0.657. The van der Waals surface area contributed by atoms with Gasteiger partial charge in [-0.2, -0.15) is 0 Å². The maximum Gasteiger partial charge on any atom is 0.138 e. The lowest BCUT2D eigenvalue weighted by atomic mass is 10.0. The highest BCUT2D eigenvalue weighted by molar-refractivity contribution is 6.30. The molecule has 0 aliphatic heterocycles. The smallest absolute Gasteiger partial charge is 0.138 e. The summed E-state index contributed by atoms with van der Waals surface area (Å²) in [6.07, 6.45) is -0.181. The standard InChI is InChI=1S/C16H18ClNO/c1-11-6-8-13(9-7-11)16(12(2)18)19-15-5-3-4-14(17)10-15/h3-10,12,16H,18H2,1-2H3. The molecule has 2 N–H and O–H groups in total. The molecule has 19 heavy (non-hydrogen) atoms. The molecule has 100 valence electrons. The van der Waals surface area contributed by atoms with Gasteiger partial charge in [0.1, 0.15) is 11.9 Å². The Morgan fingerprint density at radius 3 is 2.37 bits per heavy atom. The van der Waals surface area contributed by atoms with E-state index in [2.05, 4.69) is 19.1 Å². The van der Waals surface area contributed by atoms with Crippen molar-refractivity contribution in [2.45, 2.75) is 26.0 Å². The lowest BCUT2D eigenvalue weighted by Gasteiger charge is -2.23. The second-order valence-corrected chi connectivity index (χ2v) is 5.20. The summed E-state index contributed by atoms with van der Waals surface area (Å²) in [6.45, 7) is 4.00. The van der Waals surface area contributed by atoms with Crippen LogP contribution in [0.25, 0.3) is 0 Å². The minimum absolute atomic E-state index is 0.110. The Hall–Kier alpha value is -1.51. The zero-order valence-corrected chi connectivity index (χ0v) is 11.9. The van der Waals surface area contributed by atoms with Crippen molar-refractivity contribution in [3.63, 3.8) is 0 Å². The number of hydrogen-bond acceptors (Lipinski definition) is 2. The van der Waals surface area contributed by atoms with Crippen LogP contribution in [0.1, 0.15) is 24.2 Å². The third-order valence-corrected chi connectivity index (χ3v) is 3.18. The number of hydrogen-bond donors (Lipinski definition) is 1. The monoisotopic (exact) mass is 275 g/mol. The largest absolute Gasteiger partial charge is 0.484 e. The second-order valence-electron chi connectivity index (χ2n) is 4.77. The first kappa shape index (κ1) is 13.9. The molecule has 2 aromatic rings. The van der Waals surface area contributed by atoms with Crippen LogP contribution >= 0.6 is 11.6 Å². The van der Waals surface area contributed by atoms with Crippen molar-refractivity contribution in [2.24, 2.45) is 5.73 Å². The molecule has 0 aromatic heterocycles. The first-order valence-corrected chi connectivity index (χ1v) is 6.68. The lowest BCUT2D eigenvalue weighted by Crippen LogP contribution is -2.29. The molecule has 3 heteroatoms. The highest BCUT2D eigenvalue weighted by Crippen LogP contribution is 2.26. The third kappa shape index (κ3) is 3.72. The summed E-state index contributed by atoms with van der Waals surface area (Å²) in [6, 6.07) is 15.5. The Morgan fingerprint density at radius 1 is 1.11 bits per heavy atom. The van der Waals surface area contributed by atoms with Crippen LogP contribution in [-0.4, -0.2) is 6.04 Å². The van der Waals surface area contributed by atoms with Crippen LogP contribution in [0.3, 0.4) is 0 Å². The van der Waals surface area contributed by atoms with Crippen LogP contribution in [-0.2, 0) is 0 Å². The molecule has 0 aliphatic rings. The minimum Gasteiger partial charge on any atom is -0.484 e. The van der Waals surface area contributed by atoms with Crippen molar-refractivity contribution in [2.75, 3.05) is 0 Å². The van der Waals surface area contributed by atoms with E-state index in [0.717, 1.165) is 11.3 Å². The Labute approximate surface area is 119 Å². The lowest BCUT2D eigenvalue weighted by molar-refractivity contribution is 0.180. The molecule has 2 unspecified atom stereocenters. The van der Waals surface area contributed by atoms with Gasteiger partial charge in [-0.05, 0) is 37.6 Å². The molecule has 0 saturated carbocycles. The van der Waals surface area contributed by atoms with E-state index in [-0.39, 0.29) is 12.1 Å². The summed E-state index contributed by atoms with van der Waals surface area (Å²) < 4.78 is 5.97. The zero-order chi connectivity index (χ0) is 13.8. The van der Waals surface area contributed by atoms with E-state index < -0.39 is 0 Å². The number of rotatable bonds is 4. The number of nitrogens with two attached hydrogens (primary N) is 1. The molecule has 0 spiro atoms. The Bertz CT molecular complexity index is 537. The van der Waals surface area contributed by atoms with Crippen LogP contribution in [0, 0.1) is 6.92 Å². The van der Waals surface area contributed by atoms with Gasteiger partial charge in [-0.3, -0.25) is 0 Å². The van der Waals surface area contributed by atoms with Gasteiger partial charge in [-0.15, -0.1) is 0 Å². The van der Waals surface area contributed by atoms with Crippen LogP contribution in [0.15, 0.2) is 48.5 Å². The quantitative estimate of drug-likeness (QED) is 0.911. The first-order chi connectivity index (χ1) is 9.06. The Kier molecular flexibility index (Phi) is 4.46. The summed E-state index contributed by atoms with van der Waals surface area (Å²) in [5.74, 6) is 0.732. The fourth-order valence-corrected chi connectivity index (χ4v) is 2.10. The van der Waals surface area contributed by atoms with Crippen LogP contribution in [0.4, 0.5) is 0 Å². The first-order valence-electron chi connectivity index (χ1n) is 6.30. The molecular formula is C16H18ClNO. The molecule has 0 saturated heterocycles. The van der Waals surface area contributed by atoms with Crippen molar-refractivity contribution in [3.8, 4) is 5.75 Å². The molecule has 0 radical (unpaired) electrons. The summed E-state index contributed by atoms with van der Waals surface area (Å²) >= 11 is 5.96. The van der Waals surface area contributed by atoms with Gasteiger partial charge in [0.2, 0.25) is 0 Å². The van der Waals surface area contributed by atoms with Crippen molar-refractivity contribution >= 4 is 11.6 Å². The Morgan fingerprint density at radius 2 is 1.79 bits per heavy atom. The van der Waals surface area contributed by atoms with Crippen molar-refractivity contribution < 1.29 is 4.74 Å². The molecule has 0 fully saturated rings. The molecule has 2 rings (SSSR count). The predicted molar refractivity (Wildman–Crippen MR) is 79.6 cm³/mol. The normalized spacial score (nSPS) is 13.9. The van der Waals surface area contributed by atoms with Gasteiger partial charge >= 0.3 is 0 Å². The van der Waals surface area contributed by atoms with Gasteiger partial charge in [-0.25, -0.2) is 0 Å². The maximum absolute atomic E-state index is 6.03. The van der Waals surface area contributed by atoms with Crippen LogP contribution in [0.2, 0.25) is 5.02 Å². The average molecular weight is 276 g/mol. The van der Waals surface area contributed by atoms with E-state index in [1.807, 2.05) is 37.3 Å². The van der Waals surface area contributed by atoms with Crippen molar-refractivity contribution in [1.29, 1.82) is 0 Å². The summed E-state index contributed by atoms with van der Waals surface area (Å²) in [7, 11) is 0. The van der Waals surface area contributed by atoms with Crippen LogP contribution < -0.4 is 10.5 Å². The topological polar surface area (TPSA) is 35.2 Å². The third-order valence-electron chi connectivity index (χ3n) is 2.94. The summed E-state index contributed by atoms with van der Waals surface area (Å²) in [5.41, 5.74) is 8.32. The fraction of sp³-hybridized carbons (Fsp3) is 0.250. The molecule has 0 amide bonds. The second kappa shape index (κ2) is 6.09. The van der Waals surface area contributed by atoms with Gasteiger partial charge in [-0.1, -0.05) is 47.5 Å². The minimum atomic E-state index is -0.181. The van der Waals surface area contributed by atoms with Gasteiger partial charge in [0.25, 0.3) is 0 Å². The van der Waals surface area contributed by atoms with Gasteiger partial charge in [0.15, 0.2) is 0 Å². The van der Waals surface area contributed by atoms with Crippen molar-refractivity contribution in [3.05, 3.63) is 64.7 Å². The summed E-state index contributed by atoms with van der Waals surface area (Å²) in [4.78, 5) is 0. The van der Waals surface area contributed by atoms with E-state index in [0.29, 0.717) is 5.02 Å². The predicted octanol–water partition coefficient (Wildman–Crippen LogP) is 4.12. The highest BCUT2D eigenvalue weighted by Gasteiger charge is 2.18. The molecular weight excluding hydrogens is 258 g/mol. The van der Waals surface area contributed by atoms with E-state index in [9.17, 15) is 0 Å². The Balaban J connectivity index is 2.23. The number of benzene rings is 2. The molecule has 0 bridgehead atoms. The van der Waals surface area contributed by atoms with Crippen molar-refractivity contribution in [1.82, 2.24) is 0 Å². The van der Waals surface area contributed by atoms with E-state index in [4.69, 9.17) is 22.1 Å². The average Bonchev–Trinajstić information content (AvgIpc) is 2.37. The molecule has 0 aliphatic carbocycles. The number of ether oxygens (including phenoxy) is 1. The molecule has 2 atom stereocenters. The molecule has 2 nitrogen and oxygen atoms in total. The maximum atomic E-state index is 6.03. The molecule has 2 aromatic carbocycles. The van der Waals surface area contributed by atoms with E-state index in [1.54, 1.807) is 6.07 Å². The van der Waals surface area contributed by atoms with Gasteiger partial charge in [0, 0.05) is 11.1 Å².